The highest BCUT2D eigenvalue weighted by molar-refractivity contribution is 8.00. The number of hydrogen-bond acceptors (Lipinski definition) is 5. The number of benzene rings is 2. The van der Waals surface area contributed by atoms with Gasteiger partial charge in [-0.1, -0.05) is 0 Å². The Bertz CT molecular complexity index is 808. The van der Waals surface area contributed by atoms with Gasteiger partial charge in [0.2, 0.25) is 5.91 Å². The third-order valence-corrected chi connectivity index (χ3v) is 4.71. The van der Waals surface area contributed by atoms with Gasteiger partial charge in [-0.15, -0.1) is 11.8 Å². The Balaban J connectivity index is 1.55. The quantitative estimate of drug-likeness (QED) is 0.759. The molecule has 26 heavy (non-hydrogen) atoms. The second-order valence-electron chi connectivity index (χ2n) is 5.70. The number of ether oxygens (including phenoxy) is 2. The maximum absolute atomic E-state index is 12.2. The van der Waals surface area contributed by atoms with Crippen molar-refractivity contribution in [3.8, 4) is 11.5 Å². The summed E-state index contributed by atoms with van der Waals surface area (Å²) >= 11 is 1.44. The van der Waals surface area contributed by atoms with Crippen LogP contribution < -0.4 is 20.1 Å². The number of nitrogens with one attached hydrogen (secondary N) is 2. The molecule has 1 heterocycles. The van der Waals surface area contributed by atoms with E-state index in [0.717, 1.165) is 10.6 Å². The van der Waals surface area contributed by atoms with Crippen LogP contribution in [0.4, 0.5) is 11.4 Å². The lowest BCUT2D eigenvalue weighted by Gasteiger charge is -2.23. The minimum Gasteiger partial charge on any atom is -0.494 e. The smallest absolute Gasteiger partial charge is 0.265 e. The standard InChI is InChI=1S/C19H20N2O4S/c1-3-24-14-5-7-15(8-6-14)26-11-18(22)20-13-4-9-17-16(10-13)21-19(23)12(2)25-17/h4-10,12H,3,11H2,1-2H3,(H,20,22)(H,21,23)/t12-/m0/s1. The summed E-state index contributed by atoms with van der Waals surface area (Å²) in [6.45, 7) is 4.25. The molecule has 1 aliphatic rings. The molecule has 6 nitrogen and oxygen atoms in total. The van der Waals surface area contributed by atoms with E-state index in [9.17, 15) is 9.59 Å². The van der Waals surface area contributed by atoms with Crippen LogP contribution in [0.5, 0.6) is 11.5 Å². The van der Waals surface area contributed by atoms with E-state index in [-0.39, 0.29) is 17.6 Å². The minimum atomic E-state index is -0.520. The van der Waals surface area contributed by atoms with Crippen LogP contribution in [0, 0.1) is 0 Å². The lowest BCUT2D eigenvalue weighted by molar-refractivity contribution is -0.122. The lowest BCUT2D eigenvalue weighted by Crippen LogP contribution is -2.34. The van der Waals surface area contributed by atoms with E-state index in [1.165, 1.54) is 11.8 Å². The van der Waals surface area contributed by atoms with Crippen molar-refractivity contribution in [2.75, 3.05) is 23.0 Å². The first kappa shape index (κ1) is 18.1. The molecule has 3 rings (SSSR count). The van der Waals surface area contributed by atoms with E-state index in [1.54, 1.807) is 25.1 Å². The van der Waals surface area contributed by atoms with Crippen LogP contribution in [0.2, 0.25) is 0 Å². The van der Waals surface area contributed by atoms with Gasteiger partial charge in [0.25, 0.3) is 5.91 Å². The van der Waals surface area contributed by atoms with Crippen LogP contribution in [0.3, 0.4) is 0 Å². The molecule has 0 fully saturated rings. The highest BCUT2D eigenvalue weighted by Gasteiger charge is 2.23. The summed E-state index contributed by atoms with van der Waals surface area (Å²) in [4.78, 5) is 24.8. The molecule has 0 saturated carbocycles. The summed E-state index contributed by atoms with van der Waals surface area (Å²) in [5.41, 5.74) is 1.17. The van der Waals surface area contributed by atoms with Crippen molar-refractivity contribution in [1.29, 1.82) is 0 Å². The molecule has 7 heteroatoms. The molecular formula is C19H20N2O4S. The van der Waals surface area contributed by atoms with E-state index < -0.39 is 6.10 Å². The number of carbonyl (C=O) groups excluding carboxylic acids is 2. The second-order valence-corrected chi connectivity index (χ2v) is 6.75. The average molecular weight is 372 g/mol. The van der Waals surface area contributed by atoms with E-state index >= 15 is 0 Å². The molecule has 1 atom stereocenters. The number of carbonyl (C=O) groups is 2. The molecule has 2 amide bonds. The van der Waals surface area contributed by atoms with E-state index in [0.29, 0.717) is 23.7 Å². The molecule has 0 aliphatic carbocycles. The maximum atomic E-state index is 12.2. The largest absolute Gasteiger partial charge is 0.494 e. The number of rotatable bonds is 6. The van der Waals surface area contributed by atoms with Crippen molar-refractivity contribution in [1.82, 2.24) is 0 Å². The van der Waals surface area contributed by atoms with Crippen molar-refractivity contribution in [2.24, 2.45) is 0 Å². The molecule has 0 saturated heterocycles. The van der Waals surface area contributed by atoms with Gasteiger partial charge in [0, 0.05) is 10.6 Å². The second kappa shape index (κ2) is 8.14. The number of hydrogen-bond donors (Lipinski definition) is 2. The predicted octanol–water partition coefficient (Wildman–Crippen LogP) is 3.54. The summed E-state index contributed by atoms with van der Waals surface area (Å²) in [6, 6.07) is 12.8. The molecule has 0 radical (unpaired) electrons. The topological polar surface area (TPSA) is 76.7 Å². The van der Waals surface area contributed by atoms with Gasteiger partial charge in [0.15, 0.2) is 6.10 Å². The Morgan fingerprint density at radius 2 is 2.04 bits per heavy atom. The number of anilines is 2. The third kappa shape index (κ3) is 4.49. The Hall–Kier alpha value is -2.67. The number of fused-ring (bicyclic) bond motifs is 1. The zero-order valence-corrected chi connectivity index (χ0v) is 15.4. The molecule has 2 aromatic rings. The molecule has 0 spiro atoms. The summed E-state index contributed by atoms with van der Waals surface area (Å²) in [6.07, 6.45) is -0.520. The normalized spacial score (nSPS) is 15.5. The van der Waals surface area contributed by atoms with E-state index in [4.69, 9.17) is 9.47 Å². The monoisotopic (exact) mass is 372 g/mol. The number of amides is 2. The fourth-order valence-electron chi connectivity index (χ4n) is 2.43. The first-order chi connectivity index (χ1) is 12.5. The molecule has 2 aromatic carbocycles. The first-order valence-corrected chi connectivity index (χ1v) is 9.31. The Morgan fingerprint density at radius 1 is 1.27 bits per heavy atom. The summed E-state index contributed by atoms with van der Waals surface area (Å²) in [5.74, 6) is 1.37. The molecule has 0 bridgehead atoms. The van der Waals surface area contributed by atoms with Crippen LogP contribution in [0.1, 0.15) is 13.8 Å². The average Bonchev–Trinajstić information content (AvgIpc) is 2.63. The van der Waals surface area contributed by atoms with Gasteiger partial charge in [0.1, 0.15) is 11.5 Å². The van der Waals surface area contributed by atoms with Crippen molar-refractivity contribution < 1.29 is 19.1 Å². The van der Waals surface area contributed by atoms with Gasteiger partial charge >= 0.3 is 0 Å². The van der Waals surface area contributed by atoms with Gasteiger partial charge in [-0.05, 0) is 56.3 Å². The van der Waals surface area contributed by atoms with Gasteiger partial charge in [-0.3, -0.25) is 9.59 Å². The van der Waals surface area contributed by atoms with Crippen molar-refractivity contribution in [3.05, 3.63) is 42.5 Å². The van der Waals surface area contributed by atoms with Crippen molar-refractivity contribution in [3.63, 3.8) is 0 Å². The van der Waals surface area contributed by atoms with E-state index in [2.05, 4.69) is 10.6 Å². The number of thioether (sulfide) groups is 1. The van der Waals surface area contributed by atoms with Crippen LogP contribution in [0.15, 0.2) is 47.4 Å². The molecular weight excluding hydrogens is 352 g/mol. The van der Waals surface area contributed by atoms with Crippen LogP contribution in [-0.2, 0) is 9.59 Å². The van der Waals surface area contributed by atoms with Crippen LogP contribution in [-0.4, -0.2) is 30.3 Å². The Morgan fingerprint density at radius 3 is 2.77 bits per heavy atom. The summed E-state index contributed by atoms with van der Waals surface area (Å²) < 4.78 is 10.9. The molecule has 136 valence electrons. The van der Waals surface area contributed by atoms with Gasteiger partial charge in [0.05, 0.1) is 18.0 Å². The Labute approximate surface area is 156 Å². The van der Waals surface area contributed by atoms with E-state index in [1.807, 2.05) is 31.2 Å². The lowest BCUT2D eigenvalue weighted by atomic mass is 10.2. The Kier molecular flexibility index (Phi) is 5.68. The van der Waals surface area contributed by atoms with Crippen molar-refractivity contribution >= 4 is 35.0 Å². The van der Waals surface area contributed by atoms with Crippen LogP contribution in [0.25, 0.3) is 0 Å². The summed E-state index contributed by atoms with van der Waals surface area (Å²) in [7, 11) is 0. The molecule has 0 aromatic heterocycles. The highest BCUT2D eigenvalue weighted by atomic mass is 32.2. The maximum Gasteiger partial charge on any atom is 0.265 e. The third-order valence-electron chi connectivity index (χ3n) is 3.70. The zero-order valence-electron chi connectivity index (χ0n) is 14.6. The SMILES string of the molecule is CCOc1ccc(SCC(=O)Nc2ccc3c(c2)NC(=O)[C@H](C)O3)cc1. The first-order valence-electron chi connectivity index (χ1n) is 8.32. The van der Waals surface area contributed by atoms with Gasteiger partial charge in [-0.2, -0.15) is 0 Å². The van der Waals surface area contributed by atoms with Gasteiger partial charge in [-0.25, -0.2) is 0 Å². The fourth-order valence-corrected chi connectivity index (χ4v) is 3.13. The van der Waals surface area contributed by atoms with Crippen LogP contribution >= 0.6 is 11.8 Å². The molecule has 2 N–H and O–H groups in total. The fraction of sp³-hybridized carbons (Fsp3) is 0.263. The summed E-state index contributed by atoms with van der Waals surface area (Å²) in [5, 5.41) is 5.59. The zero-order chi connectivity index (χ0) is 18.5. The highest BCUT2D eigenvalue weighted by Crippen LogP contribution is 2.32. The van der Waals surface area contributed by atoms with Gasteiger partial charge < -0.3 is 20.1 Å². The molecule has 0 unspecified atom stereocenters. The minimum absolute atomic E-state index is 0.125. The van der Waals surface area contributed by atoms with Crippen molar-refractivity contribution in [2.45, 2.75) is 24.8 Å². The predicted molar refractivity (Wildman–Crippen MR) is 102 cm³/mol. The molecule has 1 aliphatic heterocycles.